The van der Waals surface area contributed by atoms with E-state index in [2.05, 4.69) is 43.8 Å². The summed E-state index contributed by atoms with van der Waals surface area (Å²) < 4.78 is 17.8. The summed E-state index contributed by atoms with van der Waals surface area (Å²) in [5.41, 5.74) is 0. The monoisotopic (exact) mass is 574 g/mol. The van der Waals surface area contributed by atoms with Crippen LogP contribution in [-0.4, -0.2) is 31.9 Å². The highest BCUT2D eigenvalue weighted by Gasteiger charge is 2.17. The molecule has 0 heterocycles. The molecule has 0 N–H and O–H groups in total. The molecular formula is C38H54O4. The Morgan fingerprint density at radius 2 is 1.17 bits per heavy atom. The Bertz CT molecular complexity index is 1120. The first-order chi connectivity index (χ1) is 20.7. The van der Waals surface area contributed by atoms with Gasteiger partial charge in [-0.1, -0.05) is 158 Å². The molecule has 0 aliphatic heterocycles. The van der Waals surface area contributed by atoms with E-state index in [4.69, 9.17) is 14.2 Å². The molecule has 0 amide bonds. The fourth-order valence-electron chi connectivity index (χ4n) is 5.60. The summed E-state index contributed by atoms with van der Waals surface area (Å²) in [5.74, 6) is 0.346. The van der Waals surface area contributed by atoms with E-state index in [-0.39, 0.29) is 6.61 Å². The highest BCUT2D eigenvalue weighted by Crippen LogP contribution is 2.35. The molecule has 4 heteroatoms. The van der Waals surface area contributed by atoms with E-state index in [1.54, 1.807) is 0 Å². The third-order valence-corrected chi connectivity index (χ3v) is 8.03. The Morgan fingerprint density at radius 1 is 0.690 bits per heavy atom. The molecule has 0 aliphatic rings. The summed E-state index contributed by atoms with van der Waals surface area (Å²) in [5, 5.41) is 4.31. The molecule has 3 aromatic carbocycles. The van der Waals surface area contributed by atoms with Crippen molar-refractivity contribution in [2.45, 2.75) is 116 Å². The van der Waals surface area contributed by atoms with Crippen LogP contribution in [0, 0.1) is 0 Å². The Labute approximate surface area is 254 Å². The van der Waals surface area contributed by atoms with Crippen molar-refractivity contribution in [1.29, 1.82) is 0 Å². The Kier molecular flexibility index (Phi) is 16.8. The molecule has 42 heavy (non-hydrogen) atoms. The van der Waals surface area contributed by atoms with Gasteiger partial charge in [-0.05, 0) is 23.3 Å². The quantitative estimate of drug-likeness (QED) is 0.0462. The van der Waals surface area contributed by atoms with Crippen molar-refractivity contribution >= 4 is 27.5 Å². The van der Waals surface area contributed by atoms with E-state index >= 15 is 0 Å². The molecule has 0 aromatic heterocycles. The number of carbonyl (C=O) groups is 1. The van der Waals surface area contributed by atoms with E-state index < -0.39 is 12.1 Å². The number of rotatable bonds is 24. The third kappa shape index (κ3) is 12.6. The highest BCUT2D eigenvalue weighted by molar-refractivity contribution is 6.05. The lowest BCUT2D eigenvalue weighted by Crippen LogP contribution is -2.29. The number of fused-ring (bicyclic) bond motifs is 2. The summed E-state index contributed by atoms with van der Waals surface area (Å²) >= 11 is 0. The van der Waals surface area contributed by atoms with Crippen LogP contribution in [0.3, 0.4) is 0 Å². The average Bonchev–Trinajstić information content (AvgIpc) is 3.02. The van der Waals surface area contributed by atoms with Gasteiger partial charge in [0.25, 0.3) is 0 Å². The maximum absolute atomic E-state index is 12.0. The third-order valence-electron chi connectivity index (χ3n) is 8.03. The van der Waals surface area contributed by atoms with Gasteiger partial charge < -0.3 is 14.2 Å². The fourth-order valence-corrected chi connectivity index (χ4v) is 5.60. The van der Waals surface area contributed by atoms with Crippen molar-refractivity contribution in [3.05, 3.63) is 67.3 Å². The van der Waals surface area contributed by atoms with Gasteiger partial charge in [0.05, 0.1) is 6.61 Å². The summed E-state index contributed by atoms with van der Waals surface area (Å²) in [6.07, 6.45) is 22.3. The predicted octanol–water partition coefficient (Wildman–Crippen LogP) is 10.7. The number of esters is 1. The predicted molar refractivity (Wildman–Crippen MR) is 177 cm³/mol. The molecular weight excluding hydrogens is 520 g/mol. The van der Waals surface area contributed by atoms with Crippen LogP contribution in [0.2, 0.25) is 0 Å². The molecule has 1 unspecified atom stereocenters. The first-order valence-electron chi connectivity index (χ1n) is 16.7. The van der Waals surface area contributed by atoms with Crippen LogP contribution in [0.5, 0.6) is 5.75 Å². The SMILES string of the molecule is C=CC(=O)OC(COCCCCCCCCCCCCCCCCCC)COc1c2ccccc2cc2ccccc12. The summed E-state index contributed by atoms with van der Waals surface area (Å²) in [4.78, 5) is 12.0. The van der Waals surface area contributed by atoms with Crippen molar-refractivity contribution in [3.8, 4) is 5.75 Å². The first kappa shape index (κ1) is 33.6. The van der Waals surface area contributed by atoms with Crippen LogP contribution < -0.4 is 4.74 Å². The number of unbranched alkanes of at least 4 members (excludes halogenated alkanes) is 15. The largest absolute Gasteiger partial charge is 0.488 e. The number of ether oxygens (including phenoxy) is 3. The molecule has 0 radical (unpaired) electrons. The molecule has 4 nitrogen and oxygen atoms in total. The van der Waals surface area contributed by atoms with Gasteiger partial charge in [-0.3, -0.25) is 0 Å². The van der Waals surface area contributed by atoms with E-state index in [0.717, 1.165) is 33.7 Å². The van der Waals surface area contributed by atoms with E-state index in [0.29, 0.717) is 13.2 Å². The van der Waals surface area contributed by atoms with E-state index in [9.17, 15) is 4.79 Å². The highest BCUT2D eigenvalue weighted by atomic mass is 16.6. The van der Waals surface area contributed by atoms with Crippen LogP contribution >= 0.6 is 0 Å². The van der Waals surface area contributed by atoms with Crippen LogP contribution in [0.1, 0.15) is 110 Å². The van der Waals surface area contributed by atoms with Crippen molar-refractivity contribution < 1.29 is 19.0 Å². The lowest BCUT2D eigenvalue weighted by Gasteiger charge is -2.20. The second-order valence-electron chi connectivity index (χ2n) is 11.6. The average molecular weight is 575 g/mol. The molecule has 0 saturated carbocycles. The van der Waals surface area contributed by atoms with Gasteiger partial charge in [0.15, 0.2) is 6.10 Å². The van der Waals surface area contributed by atoms with E-state index in [1.165, 1.54) is 102 Å². The molecule has 230 valence electrons. The minimum Gasteiger partial charge on any atom is -0.488 e. The molecule has 0 bridgehead atoms. The molecule has 3 aromatic rings. The minimum absolute atomic E-state index is 0.219. The van der Waals surface area contributed by atoms with Gasteiger partial charge in [0.2, 0.25) is 0 Å². The summed E-state index contributed by atoms with van der Waals surface area (Å²) in [6.45, 7) is 7.01. The van der Waals surface area contributed by atoms with Gasteiger partial charge in [-0.25, -0.2) is 4.79 Å². The first-order valence-corrected chi connectivity index (χ1v) is 16.7. The number of carbonyl (C=O) groups excluding carboxylic acids is 1. The maximum atomic E-state index is 12.0. The van der Waals surface area contributed by atoms with Gasteiger partial charge in [-0.15, -0.1) is 0 Å². The van der Waals surface area contributed by atoms with Gasteiger partial charge >= 0.3 is 5.97 Å². The Morgan fingerprint density at radius 3 is 1.67 bits per heavy atom. The van der Waals surface area contributed by atoms with Crippen molar-refractivity contribution in [1.82, 2.24) is 0 Å². The molecule has 0 spiro atoms. The lowest BCUT2D eigenvalue weighted by molar-refractivity contribution is -0.148. The number of hydrogen-bond donors (Lipinski definition) is 0. The lowest BCUT2D eigenvalue weighted by atomic mass is 10.0. The maximum Gasteiger partial charge on any atom is 0.330 e. The van der Waals surface area contributed by atoms with Crippen molar-refractivity contribution in [2.24, 2.45) is 0 Å². The van der Waals surface area contributed by atoms with Gasteiger partial charge in [0.1, 0.15) is 12.4 Å². The smallest absolute Gasteiger partial charge is 0.330 e. The van der Waals surface area contributed by atoms with Crippen LogP contribution in [0.15, 0.2) is 67.3 Å². The van der Waals surface area contributed by atoms with Crippen LogP contribution in [-0.2, 0) is 14.3 Å². The molecule has 1 atom stereocenters. The fraction of sp³-hybridized carbons (Fsp3) is 0.553. The zero-order valence-corrected chi connectivity index (χ0v) is 26.1. The molecule has 0 fully saturated rings. The number of hydrogen-bond acceptors (Lipinski definition) is 4. The standard InChI is InChI=1S/C38H54O4/c1-3-5-6-7-8-9-10-11-12-13-14-15-16-17-18-23-28-40-30-34(42-37(39)4-2)31-41-38-35-26-21-19-24-32(35)29-33-25-20-22-27-36(33)38/h4,19-22,24-27,29,34H,2-3,5-18,23,28,30-31H2,1H3. The summed E-state index contributed by atoms with van der Waals surface area (Å²) in [6, 6.07) is 18.6. The van der Waals surface area contributed by atoms with Crippen molar-refractivity contribution in [2.75, 3.05) is 19.8 Å². The molecule has 0 aliphatic carbocycles. The van der Waals surface area contributed by atoms with Crippen LogP contribution in [0.25, 0.3) is 21.5 Å². The molecule has 0 saturated heterocycles. The van der Waals surface area contributed by atoms with Crippen LogP contribution in [0.4, 0.5) is 0 Å². The second-order valence-corrected chi connectivity index (χ2v) is 11.6. The zero-order chi connectivity index (χ0) is 29.7. The summed E-state index contributed by atoms with van der Waals surface area (Å²) in [7, 11) is 0. The molecule has 3 rings (SSSR count). The minimum atomic E-state index is -0.505. The topological polar surface area (TPSA) is 44.8 Å². The van der Waals surface area contributed by atoms with Gasteiger partial charge in [0, 0.05) is 23.5 Å². The van der Waals surface area contributed by atoms with Crippen molar-refractivity contribution in [3.63, 3.8) is 0 Å². The number of benzene rings is 3. The normalized spacial score (nSPS) is 12.0. The zero-order valence-electron chi connectivity index (χ0n) is 26.1. The van der Waals surface area contributed by atoms with Gasteiger partial charge in [-0.2, -0.15) is 0 Å². The second kappa shape index (κ2) is 20.9. The Balaban J connectivity index is 1.29. The Hall–Kier alpha value is -2.85. The van der Waals surface area contributed by atoms with E-state index in [1.807, 2.05) is 24.3 Å².